The van der Waals surface area contributed by atoms with Crippen LogP contribution in [0, 0.1) is 17.7 Å². The minimum absolute atomic E-state index is 0.0676. The Morgan fingerprint density at radius 3 is 2.67 bits per heavy atom. The van der Waals surface area contributed by atoms with Crippen molar-refractivity contribution in [1.82, 2.24) is 15.0 Å². The van der Waals surface area contributed by atoms with Crippen molar-refractivity contribution in [2.24, 2.45) is 11.8 Å². The number of rotatable bonds is 12. The van der Waals surface area contributed by atoms with Gasteiger partial charge in [0.15, 0.2) is 5.69 Å². The van der Waals surface area contributed by atoms with Crippen molar-refractivity contribution in [1.29, 1.82) is 0 Å². The second-order valence-corrected chi connectivity index (χ2v) is 13.7. The average Bonchev–Trinajstić information content (AvgIpc) is 3.69. The summed E-state index contributed by atoms with van der Waals surface area (Å²) in [6, 6.07) is 4.27. The molecule has 0 radical (unpaired) electrons. The third-order valence-corrected chi connectivity index (χ3v) is 9.35. The number of benzene rings is 1. The molecule has 4 unspecified atom stereocenters. The standard InChI is InChI=1S/C31H40FN3O6S/c1-42(38,39)35-28(36)15-11-21-10-12-23(32)17-22(21)18-24-26-13-14-27(41-26)29(24)31-34-25(19-40-31)30(37)33-16-6-5-9-20-7-3-2-4-8-20/h10-12,15,17,19-20,24,26-27,29H,2-9,13-14,16,18H2,1H3,(H,33,37)(H,35,36). The molecule has 1 aromatic heterocycles. The molecule has 1 saturated carbocycles. The van der Waals surface area contributed by atoms with Gasteiger partial charge in [-0.3, -0.25) is 9.59 Å². The van der Waals surface area contributed by atoms with E-state index in [1.807, 2.05) is 4.72 Å². The number of carbonyl (C=O) groups is 2. The SMILES string of the molecule is CS(=O)(=O)NC(=O)C=Cc1ccc(F)cc1CC1C2CCC(O2)C1c1nc(C(=O)NCCCCC2CCCCC2)co1. The van der Waals surface area contributed by atoms with Crippen LogP contribution < -0.4 is 10.0 Å². The molecule has 3 fully saturated rings. The van der Waals surface area contributed by atoms with Crippen LogP contribution in [0.2, 0.25) is 0 Å². The van der Waals surface area contributed by atoms with Gasteiger partial charge in [0.1, 0.15) is 12.1 Å². The highest BCUT2D eigenvalue weighted by atomic mass is 32.2. The molecule has 1 aromatic carbocycles. The van der Waals surface area contributed by atoms with Crippen LogP contribution in [0.5, 0.6) is 0 Å². The van der Waals surface area contributed by atoms with E-state index in [0.29, 0.717) is 30.0 Å². The predicted molar refractivity (Wildman–Crippen MR) is 156 cm³/mol. The molecule has 3 aliphatic rings. The maximum absolute atomic E-state index is 14.3. The number of hydrogen-bond acceptors (Lipinski definition) is 7. The molecule has 0 spiro atoms. The highest BCUT2D eigenvalue weighted by molar-refractivity contribution is 7.89. The Kier molecular flexibility index (Phi) is 9.77. The molecule has 1 aliphatic carbocycles. The highest BCUT2D eigenvalue weighted by Crippen LogP contribution is 2.50. The molecule has 2 bridgehead atoms. The van der Waals surface area contributed by atoms with Crippen LogP contribution in [0.1, 0.15) is 97.6 Å². The second kappa shape index (κ2) is 13.5. The normalized spacial score (nSPS) is 24.3. The maximum atomic E-state index is 14.3. The Bertz CT molecular complexity index is 1400. The smallest absolute Gasteiger partial charge is 0.273 e. The second-order valence-electron chi connectivity index (χ2n) is 11.9. The number of ether oxygens (including phenoxy) is 1. The van der Waals surface area contributed by atoms with E-state index in [2.05, 4.69) is 10.3 Å². The van der Waals surface area contributed by atoms with Gasteiger partial charge in [-0.2, -0.15) is 0 Å². The Labute approximate surface area is 246 Å². The third kappa shape index (κ3) is 7.86. The van der Waals surface area contributed by atoms with Crippen LogP contribution >= 0.6 is 0 Å². The lowest BCUT2D eigenvalue weighted by atomic mass is 9.75. The monoisotopic (exact) mass is 601 g/mol. The zero-order valence-corrected chi connectivity index (χ0v) is 24.8. The van der Waals surface area contributed by atoms with Crippen molar-refractivity contribution in [3.05, 3.63) is 59.1 Å². The number of nitrogens with one attached hydrogen (secondary N) is 2. The summed E-state index contributed by atoms with van der Waals surface area (Å²) in [5.74, 6) is -0.459. The molecule has 42 heavy (non-hydrogen) atoms. The van der Waals surface area contributed by atoms with Crippen LogP contribution in [0.4, 0.5) is 4.39 Å². The van der Waals surface area contributed by atoms with Crippen molar-refractivity contribution in [2.45, 2.75) is 88.8 Å². The van der Waals surface area contributed by atoms with E-state index in [-0.39, 0.29) is 35.6 Å². The fraction of sp³-hybridized carbons (Fsp3) is 0.581. The van der Waals surface area contributed by atoms with E-state index in [1.165, 1.54) is 63.0 Å². The average molecular weight is 602 g/mol. The van der Waals surface area contributed by atoms with Gasteiger partial charge in [0.05, 0.1) is 24.4 Å². The van der Waals surface area contributed by atoms with Crippen LogP contribution in [0.3, 0.4) is 0 Å². The Hall–Kier alpha value is -3.05. The molecular formula is C31H40FN3O6S. The summed E-state index contributed by atoms with van der Waals surface area (Å²) in [6.07, 6.45) is 16.8. The van der Waals surface area contributed by atoms with Crippen molar-refractivity contribution in [3.8, 4) is 0 Å². The van der Waals surface area contributed by atoms with Gasteiger partial charge in [0.2, 0.25) is 15.9 Å². The van der Waals surface area contributed by atoms with Gasteiger partial charge in [0, 0.05) is 18.5 Å². The molecule has 11 heteroatoms. The number of oxazole rings is 1. The van der Waals surface area contributed by atoms with Gasteiger partial charge in [-0.1, -0.05) is 51.0 Å². The quantitative estimate of drug-likeness (QED) is 0.262. The fourth-order valence-corrected chi connectivity index (χ4v) is 7.23. The number of sulfonamides is 1. The van der Waals surface area contributed by atoms with Gasteiger partial charge in [-0.25, -0.2) is 22.5 Å². The van der Waals surface area contributed by atoms with E-state index < -0.39 is 21.7 Å². The first kappa shape index (κ1) is 30.4. The van der Waals surface area contributed by atoms with Crippen molar-refractivity contribution in [3.63, 3.8) is 0 Å². The Morgan fingerprint density at radius 1 is 1.10 bits per heavy atom. The number of fused-ring (bicyclic) bond motifs is 2. The minimum Gasteiger partial charge on any atom is -0.448 e. The number of nitrogens with zero attached hydrogens (tertiary/aromatic N) is 1. The minimum atomic E-state index is -3.70. The number of hydrogen-bond donors (Lipinski definition) is 2. The van der Waals surface area contributed by atoms with E-state index >= 15 is 0 Å². The zero-order valence-electron chi connectivity index (χ0n) is 24.0. The number of aromatic nitrogens is 1. The summed E-state index contributed by atoms with van der Waals surface area (Å²) >= 11 is 0. The molecule has 3 heterocycles. The molecule has 9 nitrogen and oxygen atoms in total. The number of unbranched alkanes of at least 4 members (excludes halogenated alkanes) is 1. The van der Waals surface area contributed by atoms with Crippen LogP contribution in [-0.4, -0.2) is 50.2 Å². The first-order chi connectivity index (χ1) is 20.2. The summed E-state index contributed by atoms with van der Waals surface area (Å²) in [6.45, 7) is 0.603. The molecule has 4 atom stereocenters. The van der Waals surface area contributed by atoms with Gasteiger partial charge < -0.3 is 14.5 Å². The lowest BCUT2D eigenvalue weighted by molar-refractivity contribution is -0.114. The first-order valence-corrected chi connectivity index (χ1v) is 16.9. The van der Waals surface area contributed by atoms with Gasteiger partial charge in [0.25, 0.3) is 11.8 Å². The van der Waals surface area contributed by atoms with E-state index in [0.717, 1.165) is 43.9 Å². The van der Waals surface area contributed by atoms with Crippen LogP contribution in [0.15, 0.2) is 35.0 Å². The van der Waals surface area contributed by atoms with Gasteiger partial charge >= 0.3 is 0 Å². The van der Waals surface area contributed by atoms with Crippen molar-refractivity contribution in [2.75, 3.05) is 12.8 Å². The van der Waals surface area contributed by atoms with Crippen LogP contribution in [-0.2, 0) is 26.0 Å². The summed E-state index contributed by atoms with van der Waals surface area (Å²) in [7, 11) is -3.70. The lowest BCUT2D eigenvalue weighted by Gasteiger charge is -2.26. The van der Waals surface area contributed by atoms with E-state index in [9.17, 15) is 22.4 Å². The molecular weight excluding hydrogens is 561 g/mol. The fourth-order valence-electron chi connectivity index (χ4n) is 6.80. The van der Waals surface area contributed by atoms with E-state index in [1.54, 1.807) is 6.07 Å². The first-order valence-electron chi connectivity index (χ1n) is 15.0. The zero-order chi connectivity index (χ0) is 29.7. The Balaban J connectivity index is 1.21. The molecule has 2 aliphatic heterocycles. The molecule has 5 rings (SSSR count). The van der Waals surface area contributed by atoms with Gasteiger partial charge in [-0.15, -0.1) is 0 Å². The maximum Gasteiger partial charge on any atom is 0.273 e. The van der Waals surface area contributed by atoms with E-state index in [4.69, 9.17) is 9.15 Å². The predicted octanol–water partition coefficient (Wildman–Crippen LogP) is 4.89. The summed E-state index contributed by atoms with van der Waals surface area (Å²) < 4.78 is 50.9. The summed E-state index contributed by atoms with van der Waals surface area (Å²) in [4.78, 5) is 29.3. The molecule has 2 N–H and O–H groups in total. The number of carbonyl (C=O) groups excluding carboxylic acids is 2. The Morgan fingerprint density at radius 2 is 1.88 bits per heavy atom. The topological polar surface area (TPSA) is 128 Å². The highest BCUT2D eigenvalue weighted by Gasteiger charge is 2.51. The molecule has 2 aromatic rings. The molecule has 228 valence electrons. The summed E-state index contributed by atoms with van der Waals surface area (Å²) in [5.41, 5.74) is 1.49. The van der Waals surface area contributed by atoms with Crippen molar-refractivity contribution < 1.29 is 31.6 Å². The summed E-state index contributed by atoms with van der Waals surface area (Å²) in [5, 5.41) is 2.96. The number of halogens is 1. The van der Waals surface area contributed by atoms with Crippen molar-refractivity contribution >= 4 is 27.9 Å². The third-order valence-electron chi connectivity index (χ3n) is 8.77. The largest absolute Gasteiger partial charge is 0.448 e. The molecule has 2 amide bonds. The van der Waals surface area contributed by atoms with Crippen LogP contribution in [0.25, 0.3) is 6.08 Å². The lowest BCUT2D eigenvalue weighted by Crippen LogP contribution is -2.28. The molecule has 2 saturated heterocycles. The van der Waals surface area contributed by atoms with Gasteiger partial charge in [-0.05, 0) is 60.9 Å². The number of amides is 2.